The molecule has 0 aliphatic carbocycles. The fraction of sp³-hybridized carbons (Fsp3) is 0.0588. The van der Waals surface area contributed by atoms with Crippen molar-refractivity contribution in [2.75, 3.05) is 0 Å². The molecule has 122 valence electrons. The molecule has 0 saturated carbocycles. The number of nitrogens with zero attached hydrogens (tertiary/aromatic N) is 4. The lowest BCUT2D eigenvalue weighted by molar-refractivity contribution is 0.555. The second-order valence-electron chi connectivity index (χ2n) is 5.58. The second-order valence-corrected chi connectivity index (χ2v) is 6.65. The van der Waals surface area contributed by atoms with E-state index in [1.165, 1.54) is 0 Å². The van der Waals surface area contributed by atoms with Crippen molar-refractivity contribution in [3.63, 3.8) is 0 Å². The molecule has 1 atom stereocenters. The predicted molar refractivity (Wildman–Crippen MR) is 93.8 cm³/mol. The summed E-state index contributed by atoms with van der Waals surface area (Å²) in [5, 5.41) is 13.5. The van der Waals surface area contributed by atoms with E-state index in [9.17, 15) is 4.79 Å². The van der Waals surface area contributed by atoms with Crippen LogP contribution in [0.1, 0.15) is 16.4 Å². The molecule has 7 nitrogen and oxygen atoms in total. The number of hydrogen-bond acceptors (Lipinski definition) is 6. The Morgan fingerprint density at radius 3 is 2.92 bits per heavy atom. The first-order chi connectivity index (χ1) is 12.3. The first-order valence-electron chi connectivity index (χ1n) is 7.62. The van der Waals surface area contributed by atoms with E-state index < -0.39 is 5.76 Å². The number of rotatable bonds is 2. The molecule has 1 aliphatic rings. The van der Waals surface area contributed by atoms with E-state index in [0.29, 0.717) is 11.1 Å². The highest BCUT2D eigenvalue weighted by molar-refractivity contribution is 8.00. The summed E-state index contributed by atoms with van der Waals surface area (Å²) < 4.78 is 6.75. The van der Waals surface area contributed by atoms with Crippen molar-refractivity contribution >= 4 is 28.6 Å². The number of nitrogens with one attached hydrogen (secondary N) is 1. The zero-order valence-electron chi connectivity index (χ0n) is 12.8. The van der Waals surface area contributed by atoms with Crippen LogP contribution in [0, 0.1) is 0 Å². The van der Waals surface area contributed by atoms with E-state index in [4.69, 9.17) is 9.52 Å². The average Bonchev–Trinajstić information content (AvgIpc) is 3.25. The maximum Gasteiger partial charge on any atom is 0.417 e. The molecule has 0 radical (unpaired) electrons. The Kier molecular flexibility index (Phi) is 3.10. The van der Waals surface area contributed by atoms with Gasteiger partial charge in [-0.25, -0.2) is 4.79 Å². The van der Waals surface area contributed by atoms with Crippen LogP contribution in [-0.2, 0) is 0 Å². The molecule has 1 N–H and O–H groups in total. The number of hydrogen-bond donors (Lipinski definition) is 1. The number of aromatic nitrogens is 4. The van der Waals surface area contributed by atoms with Crippen LogP contribution in [0.5, 0.6) is 0 Å². The van der Waals surface area contributed by atoms with Crippen molar-refractivity contribution in [1.29, 1.82) is 0 Å². The molecule has 5 rings (SSSR count). The summed E-state index contributed by atoms with van der Waals surface area (Å²) in [6.45, 7) is 0. The number of benzene rings is 2. The molecule has 0 saturated heterocycles. The third kappa shape index (κ3) is 2.38. The summed E-state index contributed by atoms with van der Waals surface area (Å²) in [5.41, 5.74) is 4.08. The van der Waals surface area contributed by atoms with E-state index >= 15 is 0 Å². The minimum absolute atomic E-state index is 0.0195. The van der Waals surface area contributed by atoms with Gasteiger partial charge in [-0.3, -0.25) is 4.98 Å². The first kappa shape index (κ1) is 14.2. The molecule has 0 amide bonds. The Hall–Kier alpha value is -3.13. The smallest absolute Gasteiger partial charge is 0.408 e. The van der Waals surface area contributed by atoms with Crippen molar-refractivity contribution in [2.45, 2.75) is 10.4 Å². The zero-order chi connectivity index (χ0) is 16.8. The normalized spacial score (nSPS) is 16.6. The summed E-state index contributed by atoms with van der Waals surface area (Å²) in [6.07, 6.45) is 1.59. The fourth-order valence-corrected chi connectivity index (χ4v) is 3.96. The van der Waals surface area contributed by atoms with Crippen LogP contribution in [0.4, 0.5) is 0 Å². The summed E-state index contributed by atoms with van der Waals surface area (Å²) in [4.78, 5) is 14.1. The highest BCUT2D eigenvalue weighted by Gasteiger charge is 2.28. The average molecular weight is 349 g/mol. The van der Waals surface area contributed by atoms with Gasteiger partial charge in [-0.05, 0) is 23.8 Å². The lowest BCUT2D eigenvalue weighted by atomic mass is 10.0. The minimum atomic E-state index is -0.465. The van der Waals surface area contributed by atoms with Crippen LogP contribution >= 0.6 is 11.8 Å². The van der Waals surface area contributed by atoms with E-state index in [-0.39, 0.29) is 5.25 Å². The fourth-order valence-electron chi connectivity index (χ4n) is 2.87. The van der Waals surface area contributed by atoms with E-state index in [1.54, 1.807) is 28.8 Å². The monoisotopic (exact) mass is 349 g/mol. The van der Waals surface area contributed by atoms with Gasteiger partial charge in [0.15, 0.2) is 5.58 Å². The maximum atomic E-state index is 11.4. The van der Waals surface area contributed by atoms with Gasteiger partial charge in [0.05, 0.1) is 16.5 Å². The van der Waals surface area contributed by atoms with Gasteiger partial charge < -0.3 is 4.42 Å². The van der Waals surface area contributed by atoms with Gasteiger partial charge in [-0.2, -0.15) is 9.78 Å². The zero-order valence-corrected chi connectivity index (χ0v) is 13.6. The molecule has 0 fully saturated rings. The van der Waals surface area contributed by atoms with Crippen LogP contribution in [0.3, 0.4) is 0 Å². The quantitative estimate of drug-likeness (QED) is 0.601. The largest absolute Gasteiger partial charge is 0.417 e. The van der Waals surface area contributed by atoms with Crippen molar-refractivity contribution in [2.24, 2.45) is 5.10 Å². The van der Waals surface area contributed by atoms with Gasteiger partial charge in [0.25, 0.3) is 0 Å². The van der Waals surface area contributed by atoms with Gasteiger partial charge in [0.2, 0.25) is 5.16 Å². The van der Waals surface area contributed by atoms with Crippen LogP contribution in [0.2, 0.25) is 0 Å². The third-order valence-electron chi connectivity index (χ3n) is 4.00. The number of thioether (sulfide) groups is 1. The van der Waals surface area contributed by atoms with Crippen LogP contribution < -0.4 is 5.76 Å². The molecular formula is C17H11N5O2S. The molecule has 25 heavy (non-hydrogen) atoms. The van der Waals surface area contributed by atoms with E-state index in [1.807, 2.05) is 30.3 Å². The summed E-state index contributed by atoms with van der Waals surface area (Å²) in [7, 11) is 0. The molecule has 1 aliphatic heterocycles. The van der Waals surface area contributed by atoms with Gasteiger partial charge in [-0.1, -0.05) is 42.1 Å². The number of fused-ring (bicyclic) bond motifs is 2. The number of H-pyrrole nitrogens is 1. The van der Waals surface area contributed by atoms with Crippen molar-refractivity contribution in [1.82, 2.24) is 19.9 Å². The topological polar surface area (TPSA) is 89.1 Å². The molecule has 3 heterocycles. The van der Waals surface area contributed by atoms with Gasteiger partial charge in [0.1, 0.15) is 6.33 Å². The highest BCUT2D eigenvalue weighted by atomic mass is 32.2. The standard InChI is InChI=1S/C17H11N5O2S/c23-17-19-12-8-11(6-7-13(12)24-17)14-15(10-4-2-1-3-5-10)25-16-20-18-9-22(16)21-14/h1-9,15H,(H,19,23). The van der Waals surface area contributed by atoms with Gasteiger partial charge in [-0.15, -0.1) is 10.2 Å². The maximum absolute atomic E-state index is 11.4. The molecule has 8 heteroatoms. The molecular weight excluding hydrogens is 338 g/mol. The van der Waals surface area contributed by atoms with Crippen LogP contribution in [-0.4, -0.2) is 25.6 Å². The SMILES string of the molecule is O=c1[nH]c2cc(C3=Nn4cnnc4SC3c3ccccc3)ccc2o1. The summed E-state index contributed by atoms with van der Waals surface area (Å²) in [5.74, 6) is -0.465. The molecule has 4 aromatic rings. The molecule has 0 bridgehead atoms. The highest BCUT2D eigenvalue weighted by Crippen LogP contribution is 2.40. The Balaban J connectivity index is 1.69. The van der Waals surface area contributed by atoms with Crippen molar-refractivity contribution < 1.29 is 4.42 Å². The number of oxazole rings is 1. The second kappa shape index (κ2) is 5.45. The van der Waals surface area contributed by atoms with E-state index in [2.05, 4.69) is 27.3 Å². The van der Waals surface area contributed by atoms with Crippen molar-refractivity contribution in [3.8, 4) is 0 Å². The van der Waals surface area contributed by atoms with E-state index in [0.717, 1.165) is 22.0 Å². The molecule has 1 unspecified atom stereocenters. The Morgan fingerprint density at radius 2 is 2.04 bits per heavy atom. The van der Waals surface area contributed by atoms with Crippen LogP contribution in [0.15, 0.2) is 74.3 Å². The predicted octanol–water partition coefficient (Wildman–Crippen LogP) is 2.81. The lowest BCUT2D eigenvalue weighted by Gasteiger charge is -2.22. The Bertz CT molecular complexity index is 1160. The minimum Gasteiger partial charge on any atom is -0.408 e. The third-order valence-corrected chi connectivity index (χ3v) is 5.22. The van der Waals surface area contributed by atoms with Gasteiger partial charge in [0, 0.05) is 5.56 Å². The Labute approximate surface area is 145 Å². The van der Waals surface area contributed by atoms with Crippen LogP contribution in [0.25, 0.3) is 11.1 Å². The summed E-state index contributed by atoms with van der Waals surface area (Å²) >= 11 is 1.59. The summed E-state index contributed by atoms with van der Waals surface area (Å²) in [6, 6.07) is 15.7. The first-order valence-corrected chi connectivity index (χ1v) is 8.50. The molecule has 2 aromatic carbocycles. The van der Waals surface area contributed by atoms with Gasteiger partial charge >= 0.3 is 5.76 Å². The van der Waals surface area contributed by atoms with Crippen molar-refractivity contribution in [3.05, 3.63) is 76.5 Å². The number of aromatic amines is 1. The lowest BCUT2D eigenvalue weighted by Crippen LogP contribution is -2.18. The Morgan fingerprint density at radius 1 is 1.16 bits per heavy atom. The molecule has 2 aromatic heterocycles. The molecule has 0 spiro atoms.